The minimum absolute atomic E-state index is 0.00208. The maximum absolute atomic E-state index is 11.7. The second-order valence-electron chi connectivity index (χ2n) is 4.16. The Bertz CT molecular complexity index is 572. The van der Waals surface area contributed by atoms with E-state index in [-0.39, 0.29) is 11.9 Å². The van der Waals surface area contributed by atoms with Gasteiger partial charge < -0.3 is 0 Å². The second kappa shape index (κ2) is 4.66. The second-order valence-corrected chi connectivity index (χ2v) is 5.89. The van der Waals surface area contributed by atoms with E-state index in [2.05, 4.69) is 22.6 Å². The van der Waals surface area contributed by atoms with Crippen LogP contribution in [0.1, 0.15) is 29.8 Å². The summed E-state index contributed by atoms with van der Waals surface area (Å²) in [4.78, 5) is 12.8. The molecule has 3 heterocycles. The van der Waals surface area contributed by atoms with Crippen LogP contribution in [0.4, 0.5) is 0 Å². The first-order chi connectivity index (χ1) is 8.75. The minimum Gasteiger partial charge on any atom is -0.273 e. The van der Waals surface area contributed by atoms with Gasteiger partial charge in [0, 0.05) is 13.3 Å². The average molecular weight is 276 g/mol. The highest BCUT2D eigenvalue weighted by atomic mass is 32.1. The van der Waals surface area contributed by atoms with Crippen molar-refractivity contribution in [1.82, 2.24) is 5.01 Å². The minimum atomic E-state index is -0.00208. The third kappa shape index (κ3) is 2.00. The summed E-state index contributed by atoms with van der Waals surface area (Å²) in [6.07, 6.45) is 0.802. The molecule has 0 aromatic carbocycles. The van der Waals surface area contributed by atoms with Crippen LogP contribution in [-0.4, -0.2) is 16.6 Å². The first-order valence-electron chi connectivity index (χ1n) is 5.69. The molecule has 0 fully saturated rings. The molecule has 0 aliphatic carbocycles. The standard InChI is InChI=1S/C13H12N2OS2/c1-9(16)15-12(10-4-6-17-8-10)7-11(14-15)13-3-2-5-18-13/h2-6,8,12H,7H2,1H3/t12-/m0/s1. The van der Waals surface area contributed by atoms with Gasteiger partial charge in [-0.05, 0) is 33.8 Å². The fourth-order valence-electron chi connectivity index (χ4n) is 2.12. The lowest BCUT2D eigenvalue weighted by Crippen LogP contribution is -2.23. The Morgan fingerprint density at radius 3 is 2.94 bits per heavy atom. The highest BCUT2D eigenvalue weighted by Crippen LogP contribution is 2.34. The molecule has 0 bridgehead atoms. The van der Waals surface area contributed by atoms with Crippen LogP contribution in [0.5, 0.6) is 0 Å². The molecule has 0 unspecified atom stereocenters. The fourth-order valence-corrected chi connectivity index (χ4v) is 3.54. The topological polar surface area (TPSA) is 32.7 Å². The Kier molecular flexibility index (Phi) is 3.01. The van der Waals surface area contributed by atoms with E-state index in [0.29, 0.717) is 0 Å². The molecule has 0 radical (unpaired) electrons. The summed E-state index contributed by atoms with van der Waals surface area (Å²) < 4.78 is 0. The van der Waals surface area contributed by atoms with E-state index in [4.69, 9.17) is 0 Å². The van der Waals surface area contributed by atoms with Gasteiger partial charge in [-0.15, -0.1) is 11.3 Å². The van der Waals surface area contributed by atoms with Crippen molar-refractivity contribution in [3.8, 4) is 0 Å². The molecule has 3 nitrogen and oxygen atoms in total. The van der Waals surface area contributed by atoms with E-state index in [0.717, 1.165) is 17.0 Å². The van der Waals surface area contributed by atoms with E-state index in [1.807, 2.05) is 16.8 Å². The van der Waals surface area contributed by atoms with E-state index in [1.54, 1.807) is 34.6 Å². The molecule has 2 aromatic rings. The van der Waals surface area contributed by atoms with Gasteiger partial charge in [-0.25, -0.2) is 5.01 Å². The lowest BCUT2D eigenvalue weighted by molar-refractivity contribution is -0.130. The molecule has 0 spiro atoms. The Morgan fingerprint density at radius 2 is 2.33 bits per heavy atom. The van der Waals surface area contributed by atoms with Crippen LogP contribution in [0.25, 0.3) is 0 Å². The molecular formula is C13H12N2OS2. The first-order valence-corrected chi connectivity index (χ1v) is 7.51. The lowest BCUT2D eigenvalue weighted by Gasteiger charge is -2.18. The number of hydrogen-bond donors (Lipinski definition) is 0. The van der Waals surface area contributed by atoms with Gasteiger partial charge >= 0.3 is 0 Å². The summed E-state index contributed by atoms with van der Waals surface area (Å²) in [5, 5.41) is 12.3. The van der Waals surface area contributed by atoms with Crippen molar-refractivity contribution in [2.75, 3.05) is 0 Å². The van der Waals surface area contributed by atoms with Crippen LogP contribution in [0, 0.1) is 0 Å². The lowest BCUT2D eigenvalue weighted by atomic mass is 10.0. The number of nitrogens with zero attached hydrogens (tertiary/aromatic N) is 2. The molecule has 1 amide bonds. The highest BCUT2D eigenvalue weighted by molar-refractivity contribution is 7.12. The summed E-state index contributed by atoms with van der Waals surface area (Å²) >= 11 is 3.32. The van der Waals surface area contributed by atoms with Gasteiger partial charge in [0.1, 0.15) is 0 Å². The van der Waals surface area contributed by atoms with Gasteiger partial charge in [0.2, 0.25) is 5.91 Å². The predicted molar refractivity (Wildman–Crippen MR) is 75.1 cm³/mol. The molecular weight excluding hydrogens is 264 g/mol. The number of thiophene rings is 2. The average Bonchev–Trinajstić information content (AvgIpc) is 3.10. The molecule has 92 valence electrons. The first kappa shape index (κ1) is 11.6. The molecule has 3 rings (SSSR count). The normalized spacial score (nSPS) is 19.1. The van der Waals surface area contributed by atoms with Crippen molar-refractivity contribution in [3.05, 3.63) is 44.8 Å². The van der Waals surface area contributed by atoms with Crippen LogP contribution in [0.15, 0.2) is 39.4 Å². The van der Waals surface area contributed by atoms with Crippen LogP contribution in [0.3, 0.4) is 0 Å². The molecule has 0 saturated heterocycles. The summed E-state index contributed by atoms with van der Waals surface area (Å²) in [5.41, 5.74) is 2.18. The zero-order valence-corrected chi connectivity index (χ0v) is 11.5. The summed E-state index contributed by atoms with van der Waals surface area (Å²) in [6.45, 7) is 1.57. The highest BCUT2D eigenvalue weighted by Gasteiger charge is 2.31. The van der Waals surface area contributed by atoms with Crippen molar-refractivity contribution in [2.24, 2.45) is 5.10 Å². The van der Waals surface area contributed by atoms with Gasteiger partial charge in [0.15, 0.2) is 0 Å². The van der Waals surface area contributed by atoms with Gasteiger partial charge in [0.25, 0.3) is 0 Å². The number of rotatable bonds is 2. The smallest absolute Gasteiger partial charge is 0.240 e. The third-order valence-corrected chi connectivity index (χ3v) is 4.59. The molecule has 2 aromatic heterocycles. The third-order valence-electron chi connectivity index (χ3n) is 2.97. The summed E-state index contributed by atoms with van der Waals surface area (Å²) in [5.74, 6) is -0.00208. The maximum Gasteiger partial charge on any atom is 0.240 e. The van der Waals surface area contributed by atoms with E-state index in [9.17, 15) is 4.79 Å². The van der Waals surface area contributed by atoms with E-state index in [1.165, 1.54) is 5.56 Å². The van der Waals surface area contributed by atoms with E-state index >= 15 is 0 Å². The van der Waals surface area contributed by atoms with Crippen molar-refractivity contribution >= 4 is 34.3 Å². The Balaban J connectivity index is 1.93. The number of amides is 1. The molecule has 0 saturated carbocycles. The Morgan fingerprint density at radius 1 is 1.44 bits per heavy atom. The molecule has 18 heavy (non-hydrogen) atoms. The molecule has 1 aliphatic rings. The molecule has 0 N–H and O–H groups in total. The maximum atomic E-state index is 11.7. The zero-order chi connectivity index (χ0) is 12.5. The van der Waals surface area contributed by atoms with E-state index < -0.39 is 0 Å². The van der Waals surface area contributed by atoms with Gasteiger partial charge in [-0.2, -0.15) is 16.4 Å². The summed E-state index contributed by atoms with van der Waals surface area (Å²) in [6, 6.07) is 6.19. The van der Waals surface area contributed by atoms with Crippen LogP contribution in [0.2, 0.25) is 0 Å². The van der Waals surface area contributed by atoms with Gasteiger partial charge in [0.05, 0.1) is 16.6 Å². The fraction of sp³-hybridized carbons (Fsp3) is 0.231. The van der Waals surface area contributed by atoms with Crippen LogP contribution < -0.4 is 0 Å². The summed E-state index contributed by atoms with van der Waals surface area (Å²) in [7, 11) is 0. The SMILES string of the molecule is CC(=O)N1N=C(c2cccs2)C[C@H]1c1ccsc1. The number of hydrazone groups is 1. The number of hydrogen-bond acceptors (Lipinski definition) is 4. The monoisotopic (exact) mass is 276 g/mol. The van der Waals surface area contributed by atoms with Gasteiger partial charge in [-0.3, -0.25) is 4.79 Å². The van der Waals surface area contributed by atoms with Crippen molar-refractivity contribution < 1.29 is 4.79 Å². The Labute approximate surface area is 113 Å². The van der Waals surface area contributed by atoms with Crippen LogP contribution >= 0.6 is 22.7 Å². The molecule has 1 aliphatic heterocycles. The molecule has 5 heteroatoms. The number of carbonyl (C=O) groups excluding carboxylic acids is 1. The predicted octanol–water partition coefficient (Wildman–Crippen LogP) is 3.51. The Hall–Kier alpha value is -1.46. The molecule has 1 atom stereocenters. The van der Waals surface area contributed by atoms with Gasteiger partial charge in [-0.1, -0.05) is 6.07 Å². The zero-order valence-electron chi connectivity index (χ0n) is 9.87. The number of carbonyl (C=O) groups is 1. The quantitative estimate of drug-likeness (QED) is 0.826. The van der Waals surface area contributed by atoms with Crippen molar-refractivity contribution in [2.45, 2.75) is 19.4 Å². The van der Waals surface area contributed by atoms with Crippen LogP contribution in [-0.2, 0) is 4.79 Å². The van der Waals surface area contributed by atoms with Crippen molar-refractivity contribution in [1.29, 1.82) is 0 Å². The van der Waals surface area contributed by atoms with Crippen molar-refractivity contribution in [3.63, 3.8) is 0 Å². The largest absolute Gasteiger partial charge is 0.273 e.